The first kappa shape index (κ1) is 77.1. The monoisotopic (exact) mass is 1700 g/mol. The van der Waals surface area contributed by atoms with E-state index in [1.165, 1.54) is 238 Å². The van der Waals surface area contributed by atoms with Crippen molar-refractivity contribution in [2.75, 3.05) is 0 Å². The van der Waals surface area contributed by atoms with Crippen LogP contribution in [0.3, 0.4) is 0 Å². The summed E-state index contributed by atoms with van der Waals surface area (Å²) < 4.78 is 2.51. The Labute approximate surface area is 780 Å². The highest BCUT2D eigenvalue weighted by molar-refractivity contribution is 6.17. The normalized spacial score (nSPS) is 14.9. The first-order valence-electron chi connectivity index (χ1n) is 47.1. The number of benzene rings is 22. The molecule has 28 rings (SSSR count). The van der Waals surface area contributed by atoms with Crippen molar-refractivity contribution in [2.45, 2.75) is 28.6 Å². The van der Waals surface area contributed by atoms with E-state index >= 15 is 0 Å². The minimum Gasteiger partial charge on any atom is -0.309 e. The largest absolute Gasteiger partial charge is 0.309 e. The van der Waals surface area contributed by atoms with Gasteiger partial charge in [0.2, 0.25) is 0 Å². The summed E-state index contributed by atoms with van der Waals surface area (Å²) >= 11 is 0. The maximum Gasteiger partial charge on any atom is 0.0720 e. The van der Waals surface area contributed by atoms with Crippen molar-refractivity contribution in [2.24, 2.45) is 0 Å². The molecule has 1 nitrogen and oxygen atoms in total. The van der Waals surface area contributed by atoms with Crippen molar-refractivity contribution < 1.29 is 0 Å². The smallest absolute Gasteiger partial charge is 0.0720 e. The van der Waals surface area contributed by atoms with E-state index in [9.17, 15) is 0 Å². The van der Waals surface area contributed by atoms with Crippen molar-refractivity contribution >= 4 is 43.4 Å². The predicted octanol–water partition coefficient (Wildman–Crippen LogP) is 33.7. The Kier molecular flexibility index (Phi) is 17.8. The van der Waals surface area contributed by atoms with Gasteiger partial charge in [0, 0.05) is 34.2 Å². The van der Waals surface area contributed by atoms with Crippen molar-refractivity contribution in [1.29, 1.82) is 0 Å². The van der Waals surface area contributed by atoms with Gasteiger partial charge in [-0.1, -0.05) is 461 Å². The van der Waals surface area contributed by atoms with Crippen molar-refractivity contribution in [3.05, 3.63) is 604 Å². The van der Waals surface area contributed by atoms with Crippen LogP contribution in [0.2, 0.25) is 0 Å². The third-order valence-corrected chi connectivity index (χ3v) is 30.2. The third kappa shape index (κ3) is 11.8. The highest BCUT2D eigenvalue weighted by atomic mass is 15.0. The molecule has 3 unspecified atom stereocenters. The minimum atomic E-state index is -0.559. The molecule has 624 valence electrons. The van der Waals surface area contributed by atoms with Crippen LogP contribution >= 0.6 is 0 Å². The van der Waals surface area contributed by atoms with Crippen LogP contribution in [-0.2, 0) is 10.8 Å². The lowest BCUT2D eigenvalue weighted by molar-refractivity contribution is 0.768. The molecule has 0 amide bonds. The van der Waals surface area contributed by atoms with Crippen molar-refractivity contribution in [1.82, 2.24) is 4.57 Å². The highest BCUT2D eigenvalue weighted by Crippen LogP contribution is 2.65. The lowest BCUT2D eigenvalue weighted by Gasteiger charge is -2.34. The topological polar surface area (TPSA) is 4.93 Å². The standard InChI is InChI=1S/C67H44.C66H43N/c1-4-17-43(18-5-1)46-21-16-22-49(39-46)63-54-28-13-12-27-53(54)59-41-47(33-35-55(59)63)48-34-36-56-60(42-48)65-58(64(56)50-32-31-44-19-10-11-20-45(44)40-50)37-38-62-66(65)57-29-14-15-30-61(57)67(62,51-23-6-2-7-24-51)52-25-8-3-9-26-52;1-4-17-43(18-5-1)45-21-16-22-49(39-45)63-55-29-13-12-27-53(55)58-41-47(32-35-56(58)63)48-33-37-61-59(42-48)64-62(67(61)52-34-31-44-19-10-11-20-46(44)40-52)38-36-57-54-28-14-15-30-60(54)66(65(57)64,50-23-6-2-7-24-50)51-25-8-3-9-26-51/h1-42,63-64H;1-42,63H. The summed E-state index contributed by atoms with van der Waals surface area (Å²) in [5, 5.41) is 7.54. The molecule has 1 heteroatoms. The summed E-state index contributed by atoms with van der Waals surface area (Å²) in [6, 6.07) is 191. The second kappa shape index (κ2) is 30.9. The molecule has 0 aliphatic heterocycles. The van der Waals surface area contributed by atoms with Crippen LogP contribution in [0.5, 0.6) is 0 Å². The van der Waals surface area contributed by atoms with E-state index in [1.807, 2.05) is 0 Å². The SMILES string of the molecule is c1ccc(-c2cccc(C3c4ccccc4-c4cc(-c5ccc6c(c5)-c5c(ccc7c5-c5ccccc5C7(c5ccccc5)c5ccccc5)C6c5ccc6ccccc6c5)ccc43)c2)cc1.c1ccc(-c2cccc(C3c4ccccc4-c4cc(-c5ccc6c(c5)c5c7c(ccc5n6-c5ccc6ccccc6c5)-c5ccccc5C7(c5ccccc5)c5ccccc5)ccc43)c2)cc1. The van der Waals surface area contributed by atoms with Gasteiger partial charge in [-0.25, -0.2) is 0 Å². The summed E-state index contributed by atoms with van der Waals surface area (Å²) in [6.07, 6.45) is 0. The molecule has 5 aliphatic rings. The maximum atomic E-state index is 2.52. The van der Waals surface area contributed by atoms with E-state index in [1.54, 1.807) is 0 Å². The number of rotatable bonds is 12. The van der Waals surface area contributed by atoms with Gasteiger partial charge < -0.3 is 4.57 Å². The molecule has 0 saturated carbocycles. The highest BCUT2D eigenvalue weighted by Gasteiger charge is 2.51. The van der Waals surface area contributed by atoms with E-state index < -0.39 is 10.8 Å². The predicted molar refractivity (Wildman–Crippen MR) is 557 cm³/mol. The zero-order valence-electron chi connectivity index (χ0n) is 73.7. The minimum absolute atomic E-state index is 0.0869. The number of nitrogens with zero attached hydrogens (tertiary/aromatic N) is 1. The van der Waals surface area contributed by atoms with E-state index in [4.69, 9.17) is 0 Å². The molecule has 1 heterocycles. The Morgan fingerprint density at radius 1 is 0.179 bits per heavy atom. The molecule has 5 aliphatic carbocycles. The van der Waals surface area contributed by atoms with E-state index in [2.05, 4.69) is 514 Å². The Morgan fingerprint density at radius 2 is 0.560 bits per heavy atom. The summed E-state index contributed by atoms with van der Waals surface area (Å²) in [4.78, 5) is 0. The molecular weight excluding hydrogens is 1610 g/mol. The summed E-state index contributed by atoms with van der Waals surface area (Å²) in [5.74, 6) is 0.402. The first-order chi connectivity index (χ1) is 66.5. The fourth-order valence-electron chi connectivity index (χ4n) is 24.6. The summed E-state index contributed by atoms with van der Waals surface area (Å²) in [5.41, 5.74) is 48.2. The molecule has 22 aromatic carbocycles. The fourth-order valence-corrected chi connectivity index (χ4v) is 24.6. The van der Waals surface area contributed by atoms with Crippen molar-refractivity contribution in [3.63, 3.8) is 0 Å². The first-order valence-corrected chi connectivity index (χ1v) is 47.1. The van der Waals surface area contributed by atoms with Gasteiger partial charge in [0.05, 0.1) is 21.9 Å². The molecule has 23 aromatic rings. The van der Waals surface area contributed by atoms with Crippen LogP contribution < -0.4 is 0 Å². The van der Waals surface area contributed by atoms with Crippen molar-refractivity contribution in [3.8, 4) is 106 Å². The maximum absolute atomic E-state index is 2.52. The second-order valence-electron chi connectivity index (χ2n) is 37.0. The fraction of sp³-hybridized carbons (Fsp3) is 0.0376. The molecule has 0 fully saturated rings. The van der Waals surface area contributed by atoms with Gasteiger partial charge in [-0.05, 0) is 265 Å². The van der Waals surface area contributed by atoms with E-state index in [0.29, 0.717) is 0 Å². The number of fused-ring (bicyclic) bond motifs is 22. The van der Waals surface area contributed by atoms with Gasteiger partial charge in [0.25, 0.3) is 0 Å². The Balaban J connectivity index is 0.000000136. The molecule has 0 spiro atoms. The zero-order chi connectivity index (χ0) is 88.1. The van der Waals surface area contributed by atoms with Crippen LogP contribution in [0, 0.1) is 0 Å². The molecule has 134 heavy (non-hydrogen) atoms. The number of hydrogen-bond donors (Lipinski definition) is 0. The lowest BCUT2D eigenvalue weighted by Crippen LogP contribution is -2.28. The number of aromatic nitrogens is 1. The zero-order valence-corrected chi connectivity index (χ0v) is 73.7. The summed E-state index contributed by atoms with van der Waals surface area (Å²) in [7, 11) is 0. The third-order valence-electron chi connectivity index (χ3n) is 30.2. The van der Waals surface area contributed by atoms with Gasteiger partial charge in [0.1, 0.15) is 0 Å². The summed E-state index contributed by atoms with van der Waals surface area (Å²) in [6.45, 7) is 0. The van der Waals surface area contributed by atoms with E-state index in [-0.39, 0.29) is 17.8 Å². The van der Waals surface area contributed by atoms with Crippen LogP contribution in [0.25, 0.3) is 149 Å². The second-order valence-corrected chi connectivity index (χ2v) is 37.0. The van der Waals surface area contributed by atoms with E-state index in [0.717, 1.165) is 5.69 Å². The van der Waals surface area contributed by atoms with Gasteiger partial charge >= 0.3 is 0 Å². The average molecular weight is 1700 g/mol. The van der Waals surface area contributed by atoms with Gasteiger partial charge in [-0.15, -0.1) is 0 Å². The Hall–Kier alpha value is -16.8. The molecule has 0 saturated heterocycles. The van der Waals surface area contributed by atoms with Crippen LogP contribution in [0.15, 0.2) is 510 Å². The molecule has 1 aromatic heterocycles. The lowest BCUT2D eigenvalue weighted by atomic mass is 9.67. The van der Waals surface area contributed by atoms with Crippen LogP contribution in [0.1, 0.15) is 112 Å². The Morgan fingerprint density at radius 3 is 1.11 bits per heavy atom. The molecule has 0 radical (unpaired) electrons. The van der Waals surface area contributed by atoms with Gasteiger partial charge in [-0.3, -0.25) is 0 Å². The van der Waals surface area contributed by atoms with Gasteiger partial charge in [-0.2, -0.15) is 0 Å². The Bertz CT molecular complexity index is 8590. The average Bonchev–Trinajstić information content (AvgIpc) is 1.51. The van der Waals surface area contributed by atoms with Crippen LogP contribution in [0.4, 0.5) is 0 Å². The number of hydrogen-bond acceptors (Lipinski definition) is 0. The molecular formula is C133H87N. The molecule has 0 bridgehead atoms. The van der Waals surface area contributed by atoms with Gasteiger partial charge in [0.15, 0.2) is 0 Å². The van der Waals surface area contributed by atoms with Crippen LogP contribution in [-0.4, -0.2) is 4.57 Å². The molecule has 0 N–H and O–H groups in total. The quantitative estimate of drug-likeness (QED) is 0.115. The molecule has 3 atom stereocenters.